The molecule has 0 atom stereocenters. The highest BCUT2D eigenvalue weighted by molar-refractivity contribution is 9.10. The molecule has 0 aliphatic carbocycles. The van der Waals surface area contributed by atoms with Gasteiger partial charge in [-0.2, -0.15) is 0 Å². The maximum atomic E-state index is 11.2. The molecule has 4 N–H and O–H groups in total. The fourth-order valence-corrected chi connectivity index (χ4v) is 1.77. The molecule has 0 bridgehead atoms. The summed E-state index contributed by atoms with van der Waals surface area (Å²) in [6.07, 6.45) is 2.03. The summed E-state index contributed by atoms with van der Waals surface area (Å²) in [5.41, 5.74) is 7.31. The van der Waals surface area contributed by atoms with Crippen LogP contribution in [-0.4, -0.2) is 24.0 Å². The molecule has 5 nitrogen and oxygen atoms in total. The lowest BCUT2D eigenvalue weighted by Crippen LogP contribution is -2.24. The van der Waals surface area contributed by atoms with Crippen LogP contribution < -0.4 is 16.4 Å². The van der Waals surface area contributed by atoms with Gasteiger partial charge in [0.15, 0.2) is 0 Å². The van der Waals surface area contributed by atoms with Crippen LogP contribution in [0.4, 0.5) is 11.5 Å². The van der Waals surface area contributed by atoms with Crippen LogP contribution in [0.3, 0.4) is 0 Å². The molecule has 0 unspecified atom stereocenters. The van der Waals surface area contributed by atoms with Gasteiger partial charge in [-0.15, -0.1) is 0 Å². The highest BCUT2D eigenvalue weighted by atomic mass is 79.9. The van der Waals surface area contributed by atoms with Crippen molar-refractivity contribution in [3.63, 3.8) is 0 Å². The van der Waals surface area contributed by atoms with Crippen molar-refractivity contribution >= 4 is 33.3 Å². The Kier molecular flexibility index (Phi) is 5.21. The number of amides is 1. The molecule has 17 heavy (non-hydrogen) atoms. The topological polar surface area (TPSA) is 80.0 Å². The minimum atomic E-state index is 0.0308. The SMILES string of the molecule is CCNC(=O)CCNc1ncc(N)c(C)c1Br. The number of nitrogen functional groups attached to an aromatic ring is 1. The number of carbonyl (C=O) groups is 1. The fraction of sp³-hybridized carbons (Fsp3) is 0.455. The first-order chi connectivity index (χ1) is 8.06. The third-order valence-corrected chi connectivity index (χ3v) is 3.29. The Labute approximate surface area is 109 Å². The highest BCUT2D eigenvalue weighted by Gasteiger charge is 2.07. The lowest BCUT2D eigenvalue weighted by Gasteiger charge is -2.10. The van der Waals surface area contributed by atoms with Crippen LogP contribution in [0.15, 0.2) is 10.7 Å². The van der Waals surface area contributed by atoms with Crippen LogP contribution >= 0.6 is 15.9 Å². The highest BCUT2D eigenvalue weighted by Crippen LogP contribution is 2.27. The number of nitrogens with zero attached hydrogens (tertiary/aromatic N) is 1. The molecule has 6 heteroatoms. The summed E-state index contributed by atoms with van der Waals surface area (Å²) in [5, 5.41) is 5.83. The van der Waals surface area contributed by atoms with Crippen molar-refractivity contribution < 1.29 is 4.79 Å². The van der Waals surface area contributed by atoms with Gasteiger partial charge in [0.05, 0.1) is 16.4 Å². The van der Waals surface area contributed by atoms with Crippen LogP contribution in [-0.2, 0) is 4.79 Å². The molecule has 0 radical (unpaired) electrons. The standard InChI is InChI=1S/C11H17BrN4O/c1-3-14-9(17)4-5-15-11-10(12)7(2)8(13)6-16-11/h6H,3-5,13H2,1-2H3,(H,14,17)(H,15,16). The van der Waals surface area contributed by atoms with Crippen LogP contribution in [0.25, 0.3) is 0 Å². The molecule has 0 aromatic carbocycles. The molecule has 1 aromatic heterocycles. The van der Waals surface area contributed by atoms with E-state index in [0.717, 1.165) is 10.0 Å². The zero-order chi connectivity index (χ0) is 12.8. The number of anilines is 2. The Morgan fingerprint density at radius 1 is 1.59 bits per heavy atom. The Bertz CT molecular complexity index is 409. The number of aromatic nitrogens is 1. The first kappa shape index (κ1) is 13.8. The number of rotatable bonds is 5. The monoisotopic (exact) mass is 300 g/mol. The molecule has 1 amide bonds. The smallest absolute Gasteiger partial charge is 0.221 e. The van der Waals surface area contributed by atoms with Crippen LogP contribution in [0, 0.1) is 6.92 Å². The summed E-state index contributed by atoms with van der Waals surface area (Å²) in [7, 11) is 0. The van der Waals surface area contributed by atoms with E-state index >= 15 is 0 Å². The van der Waals surface area contributed by atoms with Crippen LogP contribution in [0.1, 0.15) is 18.9 Å². The molecule has 1 rings (SSSR count). The van der Waals surface area contributed by atoms with Gasteiger partial charge in [0.25, 0.3) is 0 Å². The van der Waals surface area contributed by atoms with Crippen molar-refractivity contribution in [1.82, 2.24) is 10.3 Å². The van der Waals surface area contributed by atoms with Gasteiger partial charge in [0.2, 0.25) is 5.91 Å². The Morgan fingerprint density at radius 2 is 2.29 bits per heavy atom. The predicted molar refractivity (Wildman–Crippen MR) is 72.9 cm³/mol. The Balaban J connectivity index is 2.53. The van der Waals surface area contributed by atoms with Gasteiger partial charge in [0, 0.05) is 19.5 Å². The molecular weight excluding hydrogens is 284 g/mol. The van der Waals surface area contributed by atoms with E-state index in [1.165, 1.54) is 0 Å². The van der Waals surface area contributed by atoms with E-state index in [2.05, 4.69) is 31.5 Å². The number of nitrogens with one attached hydrogen (secondary N) is 2. The number of hydrogen-bond acceptors (Lipinski definition) is 4. The molecule has 1 aromatic rings. The van der Waals surface area contributed by atoms with Gasteiger partial charge in [-0.1, -0.05) is 0 Å². The molecule has 0 fully saturated rings. The van der Waals surface area contributed by atoms with Gasteiger partial charge in [-0.05, 0) is 35.3 Å². The first-order valence-electron chi connectivity index (χ1n) is 5.47. The van der Waals surface area contributed by atoms with Gasteiger partial charge >= 0.3 is 0 Å². The van der Waals surface area contributed by atoms with Gasteiger partial charge in [-0.25, -0.2) is 4.98 Å². The average molecular weight is 301 g/mol. The van der Waals surface area contributed by atoms with Crippen molar-refractivity contribution in [2.75, 3.05) is 24.1 Å². The van der Waals surface area contributed by atoms with E-state index in [1.807, 2.05) is 13.8 Å². The average Bonchev–Trinajstić information content (AvgIpc) is 2.29. The third-order valence-electron chi connectivity index (χ3n) is 2.32. The zero-order valence-corrected chi connectivity index (χ0v) is 11.6. The second-order valence-electron chi connectivity index (χ2n) is 3.63. The fourth-order valence-electron chi connectivity index (χ4n) is 1.30. The van der Waals surface area contributed by atoms with Crippen LogP contribution in [0.2, 0.25) is 0 Å². The lowest BCUT2D eigenvalue weighted by molar-refractivity contribution is -0.120. The molecule has 94 valence electrons. The molecule has 0 aliphatic heterocycles. The van der Waals surface area contributed by atoms with Crippen LogP contribution in [0.5, 0.6) is 0 Å². The summed E-state index contributed by atoms with van der Waals surface area (Å²) in [6, 6.07) is 0. The summed E-state index contributed by atoms with van der Waals surface area (Å²) in [4.78, 5) is 15.4. The Hall–Kier alpha value is -1.30. The quantitative estimate of drug-likeness (QED) is 0.773. The van der Waals surface area contributed by atoms with Crippen molar-refractivity contribution in [3.8, 4) is 0 Å². The van der Waals surface area contributed by atoms with Crippen molar-refractivity contribution in [2.45, 2.75) is 20.3 Å². The van der Waals surface area contributed by atoms with Crippen molar-refractivity contribution in [3.05, 3.63) is 16.2 Å². The normalized spacial score (nSPS) is 10.1. The van der Waals surface area contributed by atoms with Crippen molar-refractivity contribution in [1.29, 1.82) is 0 Å². The minimum absolute atomic E-state index is 0.0308. The predicted octanol–water partition coefficient (Wildman–Crippen LogP) is 1.67. The minimum Gasteiger partial charge on any atom is -0.397 e. The summed E-state index contributed by atoms with van der Waals surface area (Å²) >= 11 is 3.42. The van der Waals surface area contributed by atoms with E-state index in [-0.39, 0.29) is 5.91 Å². The van der Waals surface area contributed by atoms with Crippen molar-refractivity contribution in [2.24, 2.45) is 0 Å². The molecule has 0 saturated heterocycles. The Morgan fingerprint density at radius 3 is 2.94 bits per heavy atom. The molecule has 0 spiro atoms. The second kappa shape index (κ2) is 6.44. The van der Waals surface area contributed by atoms with E-state index in [1.54, 1.807) is 6.20 Å². The molecule has 0 saturated carbocycles. The molecule has 0 aliphatic rings. The first-order valence-corrected chi connectivity index (χ1v) is 6.26. The van der Waals surface area contributed by atoms with E-state index in [0.29, 0.717) is 31.0 Å². The molecule has 1 heterocycles. The van der Waals surface area contributed by atoms with E-state index < -0.39 is 0 Å². The second-order valence-corrected chi connectivity index (χ2v) is 4.42. The zero-order valence-electron chi connectivity index (χ0n) is 10.0. The summed E-state index contributed by atoms with van der Waals surface area (Å²) < 4.78 is 0.841. The third kappa shape index (κ3) is 3.89. The number of halogens is 1. The maximum Gasteiger partial charge on any atom is 0.221 e. The van der Waals surface area contributed by atoms with E-state index in [9.17, 15) is 4.79 Å². The lowest BCUT2D eigenvalue weighted by atomic mass is 10.2. The molecular formula is C11H17BrN4O. The number of nitrogens with two attached hydrogens (primary N) is 1. The summed E-state index contributed by atoms with van der Waals surface area (Å²) in [6.45, 7) is 5.01. The largest absolute Gasteiger partial charge is 0.397 e. The number of carbonyl (C=O) groups excluding carboxylic acids is 1. The van der Waals surface area contributed by atoms with Gasteiger partial charge < -0.3 is 16.4 Å². The maximum absolute atomic E-state index is 11.2. The van der Waals surface area contributed by atoms with E-state index in [4.69, 9.17) is 5.73 Å². The van der Waals surface area contributed by atoms with Gasteiger partial charge in [0.1, 0.15) is 5.82 Å². The van der Waals surface area contributed by atoms with Gasteiger partial charge in [-0.3, -0.25) is 4.79 Å². The number of hydrogen-bond donors (Lipinski definition) is 3. The summed E-state index contributed by atoms with van der Waals surface area (Å²) in [5.74, 6) is 0.740. The number of pyridine rings is 1.